The average Bonchev–Trinajstić information content (AvgIpc) is 2.74. The van der Waals surface area contributed by atoms with E-state index >= 15 is 0 Å². The Morgan fingerprint density at radius 2 is 2.33 bits per heavy atom. The van der Waals surface area contributed by atoms with Crippen molar-refractivity contribution in [2.24, 2.45) is 5.41 Å². The molecule has 3 aliphatic rings. The molecule has 0 aromatic rings. The van der Waals surface area contributed by atoms with Gasteiger partial charge in [0.05, 0.1) is 12.6 Å². The smallest absolute Gasteiger partial charge is 0.239 e. The number of carbonyl (C=O) groups is 1. The maximum atomic E-state index is 12.0. The number of nitrogens with zero attached hydrogens (tertiary/aromatic N) is 1. The minimum Gasteiger partial charge on any atom is -0.381 e. The van der Waals surface area contributed by atoms with E-state index in [1.165, 1.54) is 0 Å². The summed E-state index contributed by atoms with van der Waals surface area (Å²) in [6.07, 6.45) is 3.28. The van der Waals surface area contributed by atoms with Crippen molar-refractivity contribution in [2.45, 2.75) is 25.3 Å². The molecule has 0 saturated carbocycles. The predicted octanol–water partition coefficient (Wildman–Crippen LogP) is -0.0127. The summed E-state index contributed by atoms with van der Waals surface area (Å²) >= 11 is 0. The molecule has 1 N–H and O–H groups in total. The van der Waals surface area contributed by atoms with Gasteiger partial charge in [0.25, 0.3) is 0 Å². The molecule has 0 radical (unpaired) electrons. The fourth-order valence-corrected chi connectivity index (χ4v) is 2.81. The first-order valence-corrected chi connectivity index (χ1v) is 5.89. The summed E-state index contributed by atoms with van der Waals surface area (Å²) < 4.78 is 5.46. The SMILES string of the molecule is O=C([C@H]1CCN1)N1CCC2(CCOC2)C1. The summed E-state index contributed by atoms with van der Waals surface area (Å²) in [5.74, 6) is 0.310. The number of hydrogen-bond donors (Lipinski definition) is 1. The fraction of sp³-hybridized carbons (Fsp3) is 0.909. The zero-order valence-corrected chi connectivity index (χ0v) is 9.00. The average molecular weight is 210 g/mol. The quantitative estimate of drug-likeness (QED) is 0.661. The third-order valence-corrected chi connectivity index (χ3v) is 4.06. The van der Waals surface area contributed by atoms with Gasteiger partial charge in [-0.05, 0) is 25.8 Å². The predicted molar refractivity (Wildman–Crippen MR) is 55.5 cm³/mol. The lowest BCUT2D eigenvalue weighted by atomic mass is 9.87. The Kier molecular flexibility index (Phi) is 2.21. The molecule has 3 aliphatic heterocycles. The second-order valence-electron chi connectivity index (χ2n) is 5.11. The van der Waals surface area contributed by atoms with Crippen LogP contribution in [0.5, 0.6) is 0 Å². The Balaban J connectivity index is 1.62. The molecule has 84 valence electrons. The van der Waals surface area contributed by atoms with Crippen molar-refractivity contribution in [1.29, 1.82) is 0 Å². The number of likely N-dealkylation sites (tertiary alicyclic amines) is 1. The number of rotatable bonds is 1. The molecule has 4 heteroatoms. The summed E-state index contributed by atoms with van der Waals surface area (Å²) in [5, 5.41) is 3.18. The van der Waals surface area contributed by atoms with E-state index < -0.39 is 0 Å². The van der Waals surface area contributed by atoms with Crippen LogP contribution in [-0.4, -0.2) is 49.7 Å². The maximum Gasteiger partial charge on any atom is 0.239 e. The summed E-state index contributed by atoms with van der Waals surface area (Å²) in [6, 6.07) is 0.113. The van der Waals surface area contributed by atoms with Crippen LogP contribution >= 0.6 is 0 Å². The van der Waals surface area contributed by atoms with Crippen LogP contribution in [-0.2, 0) is 9.53 Å². The Hall–Kier alpha value is -0.610. The van der Waals surface area contributed by atoms with Crippen LogP contribution < -0.4 is 5.32 Å². The number of ether oxygens (including phenoxy) is 1. The van der Waals surface area contributed by atoms with Crippen molar-refractivity contribution >= 4 is 5.91 Å². The molecule has 3 heterocycles. The van der Waals surface area contributed by atoms with Crippen molar-refractivity contribution in [2.75, 3.05) is 32.8 Å². The van der Waals surface area contributed by atoms with E-state index in [2.05, 4.69) is 5.32 Å². The largest absolute Gasteiger partial charge is 0.381 e. The van der Waals surface area contributed by atoms with Crippen LogP contribution in [0.1, 0.15) is 19.3 Å². The molecule has 0 aromatic carbocycles. The van der Waals surface area contributed by atoms with Crippen LogP contribution in [0.3, 0.4) is 0 Å². The van der Waals surface area contributed by atoms with Crippen LogP contribution in [0.25, 0.3) is 0 Å². The molecule has 3 fully saturated rings. The van der Waals surface area contributed by atoms with Gasteiger partial charge in [-0.1, -0.05) is 0 Å². The lowest BCUT2D eigenvalue weighted by Gasteiger charge is -2.31. The van der Waals surface area contributed by atoms with Crippen molar-refractivity contribution in [3.63, 3.8) is 0 Å². The van der Waals surface area contributed by atoms with E-state index in [4.69, 9.17) is 4.74 Å². The Labute approximate surface area is 90.0 Å². The Morgan fingerprint density at radius 1 is 1.47 bits per heavy atom. The van der Waals surface area contributed by atoms with Gasteiger partial charge in [0.15, 0.2) is 0 Å². The van der Waals surface area contributed by atoms with Crippen LogP contribution in [0.4, 0.5) is 0 Å². The molecule has 1 amide bonds. The minimum absolute atomic E-state index is 0.113. The van der Waals surface area contributed by atoms with E-state index in [0.717, 1.165) is 52.1 Å². The second kappa shape index (κ2) is 3.46. The first-order valence-electron chi connectivity index (χ1n) is 5.89. The van der Waals surface area contributed by atoms with Gasteiger partial charge in [-0.2, -0.15) is 0 Å². The first kappa shape index (κ1) is 9.60. The molecule has 0 aromatic heterocycles. The van der Waals surface area contributed by atoms with Crippen LogP contribution in [0.15, 0.2) is 0 Å². The van der Waals surface area contributed by atoms with Gasteiger partial charge in [0, 0.05) is 25.1 Å². The van der Waals surface area contributed by atoms with Gasteiger partial charge in [-0.3, -0.25) is 4.79 Å². The van der Waals surface area contributed by atoms with Crippen molar-refractivity contribution in [3.8, 4) is 0 Å². The zero-order chi connectivity index (χ0) is 10.3. The molecule has 1 spiro atoms. The summed E-state index contributed by atoms with van der Waals surface area (Å²) in [4.78, 5) is 14.0. The van der Waals surface area contributed by atoms with E-state index in [1.54, 1.807) is 0 Å². The summed E-state index contributed by atoms with van der Waals surface area (Å²) in [7, 11) is 0. The molecule has 2 atom stereocenters. The molecule has 0 aliphatic carbocycles. The highest BCUT2D eigenvalue weighted by molar-refractivity contribution is 5.83. The van der Waals surface area contributed by atoms with Crippen LogP contribution in [0, 0.1) is 5.41 Å². The fourth-order valence-electron chi connectivity index (χ4n) is 2.81. The molecular weight excluding hydrogens is 192 g/mol. The molecule has 4 nitrogen and oxygen atoms in total. The highest BCUT2D eigenvalue weighted by Gasteiger charge is 2.44. The van der Waals surface area contributed by atoms with Gasteiger partial charge in [0.2, 0.25) is 5.91 Å². The van der Waals surface area contributed by atoms with Crippen molar-refractivity contribution in [3.05, 3.63) is 0 Å². The number of carbonyl (C=O) groups excluding carboxylic acids is 1. The Morgan fingerprint density at radius 3 is 2.93 bits per heavy atom. The number of nitrogens with one attached hydrogen (secondary N) is 1. The third kappa shape index (κ3) is 1.56. The van der Waals surface area contributed by atoms with E-state index in [-0.39, 0.29) is 6.04 Å². The number of amides is 1. The lowest BCUT2D eigenvalue weighted by Crippen LogP contribution is -2.54. The van der Waals surface area contributed by atoms with Crippen LogP contribution in [0.2, 0.25) is 0 Å². The monoisotopic (exact) mass is 210 g/mol. The second-order valence-corrected chi connectivity index (χ2v) is 5.11. The number of hydrogen-bond acceptors (Lipinski definition) is 3. The first-order chi connectivity index (χ1) is 7.29. The van der Waals surface area contributed by atoms with Gasteiger partial charge in [0.1, 0.15) is 0 Å². The standard InChI is InChI=1S/C11H18N2O2/c14-10(9-1-4-12-9)13-5-2-11(7-13)3-6-15-8-11/h9,12H,1-8H2/t9-,11?/m1/s1. The molecule has 1 unspecified atom stereocenters. The van der Waals surface area contributed by atoms with Gasteiger partial charge < -0.3 is 15.0 Å². The third-order valence-electron chi connectivity index (χ3n) is 4.06. The topological polar surface area (TPSA) is 41.6 Å². The molecule has 3 rings (SSSR count). The van der Waals surface area contributed by atoms with Gasteiger partial charge in [-0.25, -0.2) is 0 Å². The maximum absolute atomic E-state index is 12.0. The normalized spacial score (nSPS) is 39.7. The minimum atomic E-state index is 0.113. The van der Waals surface area contributed by atoms with Crippen molar-refractivity contribution in [1.82, 2.24) is 10.2 Å². The van der Waals surface area contributed by atoms with E-state index in [0.29, 0.717) is 11.3 Å². The Bertz CT molecular complexity index is 270. The lowest BCUT2D eigenvalue weighted by molar-refractivity contribution is -0.134. The van der Waals surface area contributed by atoms with Gasteiger partial charge in [-0.15, -0.1) is 0 Å². The summed E-state index contributed by atoms with van der Waals surface area (Å²) in [6.45, 7) is 4.58. The molecular formula is C11H18N2O2. The van der Waals surface area contributed by atoms with Crippen molar-refractivity contribution < 1.29 is 9.53 Å². The molecule has 0 bridgehead atoms. The van der Waals surface area contributed by atoms with E-state index in [9.17, 15) is 4.79 Å². The molecule has 3 saturated heterocycles. The zero-order valence-electron chi connectivity index (χ0n) is 9.00. The highest BCUT2D eigenvalue weighted by atomic mass is 16.5. The van der Waals surface area contributed by atoms with E-state index in [1.807, 2.05) is 4.90 Å². The van der Waals surface area contributed by atoms with Gasteiger partial charge >= 0.3 is 0 Å². The molecule has 15 heavy (non-hydrogen) atoms. The summed E-state index contributed by atoms with van der Waals surface area (Å²) in [5.41, 5.74) is 0.305. The highest BCUT2D eigenvalue weighted by Crippen LogP contribution is 2.38.